The number of hydrazine groups is 1. The van der Waals surface area contributed by atoms with E-state index < -0.39 is 17.9 Å². The highest BCUT2D eigenvalue weighted by Crippen LogP contribution is 2.22. The molecule has 1 heterocycles. The summed E-state index contributed by atoms with van der Waals surface area (Å²) in [5.41, 5.74) is 20.4. The number of benzene rings is 2. The highest BCUT2D eigenvalue weighted by molar-refractivity contribution is 7.97. The number of hydrogen-bond donors (Lipinski definition) is 8. The molecule has 1 unspecified atom stereocenters. The van der Waals surface area contributed by atoms with Crippen LogP contribution in [0, 0.1) is 13.8 Å². The summed E-state index contributed by atoms with van der Waals surface area (Å²) in [4.78, 5) is 69.6. The number of thiophene rings is 1. The van der Waals surface area contributed by atoms with E-state index in [2.05, 4.69) is 37.4 Å². The summed E-state index contributed by atoms with van der Waals surface area (Å²) in [7, 11) is 1.40. The summed E-state index contributed by atoms with van der Waals surface area (Å²) in [5.74, 6) is 4.85. The third kappa shape index (κ3) is 20.3. The van der Waals surface area contributed by atoms with Crippen molar-refractivity contribution in [2.45, 2.75) is 37.6 Å². The Hall–Kier alpha value is -5.72. The summed E-state index contributed by atoms with van der Waals surface area (Å²) in [6, 6.07) is 13.4. The van der Waals surface area contributed by atoms with Gasteiger partial charge in [-0.25, -0.2) is 15.8 Å². The molecule has 22 heteroatoms. The number of nitrogens with one attached hydrogen (secondary N) is 4. The Morgan fingerprint density at radius 2 is 1.68 bits per heavy atom. The zero-order valence-electron chi connectivity index (χ0n) is 35.9. The molecule has 0 fully saturated rings. The van der Waals surface area contributed by atoms with E-state index in [0.29, 0.717) is 88.0 Å². The number of carbonyl (C=O) groups is 5. The smallest absolute Gasteiger partial charge is 0.262 e. The highest BCUT2D eigenvalue weighted by Gasteiger charge is 2.30. The molecule has 2 aromatic carbocycles. The number of aliphatic imine (C=N–C) groups is 2. The molecule has 20 nitrogen and oxygen atoms in total. The number of rotatable bonds is 28. The van der Waals surface area contributed by atoms with Gasteiger partial charge in [0.1, 0.15) is 12.3 Å². The quantitative estimate of drug-likeness (QED) is 0.00753. The van der Waals surface area contributed by atoms with Crippen LogP contribution >= 0.6 is 23.3 Å². The summed E-state index contributed by atoms with van der Waals surface area (Å²) < 4.78 is 20.0. The van der Waals surface area contributed by atoms with Crippen LogP contribution in [0.25, 0.3) is 0 Å². The van der Waals surface area contributed by atoms with Crippen molar-refractivity contribution in [3.05, 3.63) is 87.4 Å². The van der Waals surface area contributed by atoms with Gasteiger partial charge in [-0.2, -0.15) is 0 Å². The Labute approximate surface area is 376 Å². The molecule has 63 heavy (non-hydrogen) atoms. The second kappa shape index (κ2) is 31.2. The molecule has 0 aliphatic heterocycles. The second-order valence-electron chi connectivity index (χ2n) is 13.1. The van der Waals surface area contributed by atoms with Crippen molar-refractivity contribution in [1.29, 1.82) is 0 Å². The lowest BCUT2D eigenvalue weighted by Gasteiger charge is -2.26. The molecule has 0 bridgehead atoms. The predicted octanol–water partition coefficient (Wildman–Crippen LogP) is 1.77. The third-order valence-electron chi connectivity index (χ3n) is 8.49. The van der Waals surface area contributed by atoms with Gasteiger partial charge in [0.05, 0.1) is 69.1 Å². The Bertz CT molecular complexity index is 1950. The number of anilines is 1. The molecule has 0 aliphatic rings. The van der Waals surface area contributed by atoms with Gasteiger partial charge in [0.15, 0.2) is 0 Å². The largest absolute Gasteiger partial charge is 0.399 e. The predicted molar refractivity (Wildman–Crippen MR) is 247 cm³/mol. The Kier molecular flexibility index (Phi) is 26.4. The van der Waals surface area contributed by atoms with Gasteiger partial charge in [0.2, 0.25) is 18.3 Å². The van der Waals surface area contributed by atoms with E-state index in [1.165, 1.54) is 35.3 Å². The molecular weight excluding hydrogens is 853 g/mol. The van der Waals surface area contributed by atoms with Crippen molar-refractivity contribution in [2.24, 2.45) is 33.0 Å². The summed E-state index contributed by atoms with van der Waals surface area (Å²) in [6.45, 7) is 10.8. The lowest BCUT2D eigenvalue weighted by atomic mass is 10.0. The molecular formula is C41H60N12O8S2. The number of carbonyl (C=O) groups excluding carboxylic acids is 5. The highest BCUT2D eigenvalue weighted by atomic mass is 32.2. The maximum Gasteiger partial charge on any atom is 0.262 e. The minimum atomic E-state index is -1.10. The number of nitrogens with two attached hydrogens (primary N) is 4. The first-order valence-electron chi connectivity index (χ1n) is 19.7. The van der Waals surface area contributed by atoms with E-state index in [-0.39, 0.29) is 43.5 Å². The van der Waals surface area contributed by atoms with Crippen molar-refractivity contribution >= 4 is 77.8 Å². The molecule has 3 aromatic rings. The number of amides is 4. The van der Waals surface area contributed by atoms with Gasteiger partial charge in [0, 0.05) is 48.9 Å². The standard InChI is InChI=1S/C34H50N10O7S.C7H10N2OS/c1-25-29(33(48)44(24-46)31(8-5-16-45)32(47)38-2)6-4-7-30(25)40-13-17-49-20-21-50-19-15-43(37)22-26(35)23-51-18-14-41-52-28-11-9-27(10-12-28)42-34(36)39-3;1-5-2-3-11-6(5)7(10)9-4-8/h4,6-7,9-12,16,22,24,31,40-41H,3,5,8,13-15,17-21,23,35,37H2,1-2H3,(H2,36,42)(H,38,47);2-3H,4,8H2,1H3,(H,9,10)/b26-22-;. The fourth-order valence-corrected chi connectivity index (χ4v) is 6.75. The molecule has 3 rings (SSSR count). The fourth-order valence-electron chi connectivity index (χ4n) is 5.29. The van der Waals surface area contributed by atoms with Gasteiger partial charge in [-0.05, 0) is 97.9 Å². The summed E-state index contributed by atoms with van der Waals surface area (Å²) in [5, 5.41) is 11.5. The number of hydrogen-bond acceptors (Lipinski definition) is 17. The summed E-state index contributed by atoms with van der Waals surface area (Å²) >= 11 is 2.89. The molecule has 344 valence electrons. The minimum absolute atomic E-state index is 0.0251. The van der Waals surface area contributed by atoms with E-state index in [4.69, 9.17) is 37.3 Å². The minimum Gasteiger partial charge on any atom is -0.399 e. The Morgan fingerprint density at radius 1 is 0.968 bits per heavy atom. The van der Waals surface area contributed by atoms with E-state index >= 15 is 0 Å². The van der Waals surface area contributed by atoms with Crippen molar-refractivity contribution in [2.75, 3.05) is 78.3 Å². The van der Waals surface area contributed by atoms with E-state index in [1.54, 1.807) is 31.3 Å². The number of imide groups is 1. The van der Waals surface area contributed by atoms with Gasteiger partial charge in [-0.15, -0.1) is 11.3 Å². The van der Waals surface area contributed by atoms with E-state index in [1.807, 2.05) is 42.6 Å². The average molecular weight is 913 g/mol. The van der Waals surface area contributed by atoms with Crippen molar-refractivity contribution in [1.82, 2.24) is 25.3 Å². The molecule has 0 saturated carbocycles. The zero-order chi connectivity index (χ0) is 46.4. The lowest BCUT2D eigenvalue weighted by Crippen LogP contribution is -2.48. The molecule has 4 amide bonds. The zero-order valence-corrected chi connectivity index (χ0v) is 37.5. The topological polar surface area (TPSA) is 296 Å². The van der Waals surface area contributed by atoms with Gasteiger partial charge in [-0.3, -0.25) is 28.8 Å². The van der Waals surface area contributed by atoms with Crippen LogP contribution in [0.4, 0.5) is 11.4 Å². The van der Waals surface area contributed by atoms with Gasteiger partial charge < -0.3 is 57.2 Å². The first-order chi connectivity index (χ1) is 30.4. The van der Waals surface area contributed by atoms with Crippen LogP contribution in [0.5, 0.6) is 0 Å². The first-order valence-corrected chi connectivity index (χ1v) is 21.4. The number of guanidine groups is 1. The van der Waals surface area contributed by atoms with Crippen LogP contribution in [-0.4, -0.2) is 132 Å². The number of aldehydes is 1. The van der Waals surface area contributed by atoms with Crippen LogP contribution in [0.2, 0.25) is 0 Å². The van der Waals surface area contributed by atoms with E-state index in [0.717, 1.165) is 20.2 Å². The second-order valence-corrected chi connectivity index (χ2v) is 15.0. The molecule has 1 aromatic heterocycles. The van der Waals surface area contributed by atoms with Crippen LogP contribution in [-0.2, 0) is 28.6 Å². The molecule has 0 aliphatic carbocycles. The molecule has 1 atom stereocenters. The van der Waals surface area contributed by atoms with Gasteiger partial charge in [-0.1, -0.05) is 6.07 Å². The average Bonchev–Trinajstić information content (AvgIpc) is 3.72. The van der Waals surface area contributed by atoms with Crippen molar-refractivity contribution in [3.63, 3.8) is 0 Å². The van der Waals surface area contributed by atoms with E-state index in [9.17, 15) is 24.0 Å². The normalized spacial score (nSPS) is 11.7. The maximum atomic E-state index is 13.2. The molecule has 0 spiro atoms. The van der Waals surface area contributed by atoms with Crippen LogP contribution in [0.3, 0.4) is 0 Å². The monoisotopic (exact) mass is 912 g/mol. The third-order valence-corrected chi connectivity index (χ3v) is 10.4. The molecule has 12 N–H and O–H groups in total. The van der Waals surface area contributed by atoms with Crippen LogP contribution < -0.4 is 43.7 Å². The van der Waals surface area contributed by atoms with Crippen molar-refractivity contribution < 1.29 is 38.2 Å². The van der Waals surface area contributed by atoms with Crippen LogP contribution in [0.1, 0.15) is 44.0 Å². The van der Waals surface area contributed by atoms with Gasteiger partial charge >= 0.3 is 0 Å². The number of ether oxygens (including phenoxy) is 3. The Balaban J connectivity index is 0.00000107. The number of nitrogens with zero attached hydrogens (tertiary/aromatic N) is 4. The van der Waals surface area contributed by atoms with Gasteiger partial charge in [0.25, 0.3) is 11.8 Å². The molecule has 0 saturated heterocycles. The number of likely N-dealkylation sites (N-methyl/N-ethyl adjacent to an activating group) is 1. The summed E-state index contributed by atoms with van der Waals surface area (Å²) in [6.07, 6.45) is 2.61. The van der Waals surface area contributed by atoms with Crippen molar-refractivity contribution in [3.8, 4) is 0 Å². The number of aryl methyl sites for hydroxylation is 1. The first kappa shape index (κ1) is 53.4. The van der Waals surface area contributed by atoms with Crippen LogP contribution in [0.15, 0.2) is 80.7 Å². The Morgan fingerprint density at radius 3 is 2.32 bits per heavy atom. The SMILES string of the molecule is C=NC(N)=Nc1ccc(SNCCOC/C(N)=C/N(N)CCOCCOCCNc2cccc(C(=O)N(C=O)C(CCC=O)C(=O)NC)c2C)cc1.Cc1ccsc1C(=O)NCN. The molecule has 0 radical (unpaired) electrons. The maximum absolute atomic E-state index is 13.2. The fraction of sp³-hybridized carbons (Fsp3) is 0.390. The lowest BCUT2D eigenvalue weighted by molar-refractivity contribution is -0.131.